The maximum atomic E-state index is 10.9. The van der Waals surface area contributed by atoms with E-state index < -0.39 is 4.92 Å². The highest BCUT2D eigenvalue weighted by atomic mass is 16.6. The lowest BCUT2D eigenvalue weighted by Crippen LogP contribution is -2.40. The van der Waals surface area contributed by atoms with E-state index in [2.05, 4.69) is 29.3 Å². The normalized spacial score (nSPS) is 19.3. The van der Waals surface area contributed by atoms with Crippen LogP contribution in [0.1, 0.15) is 19.8 Å². The highest BCUT2D eigenvalue weighted by Crippen LogP contribution is 2.31. The van der Waals surface area contributed by atoms with Gasteiger partial charge in [0.05, 0.1) is 4.92 Å². The molecule has 1 aliphatic heterocycles. The summed E-state index contributed by atoms with van der Waals surface area (Å²) in [6, 6.07) is 0. The summed E-state index contributed by atoms with van der Waals surface area (Å²) in [5.41, 5.74) is 0.219. The van der Waals surface area contributed by atoms with E-state index in [4.69, 9.17) is 0 Å². The maximum absolute atomic E-state index is 10.9. The Morgan fingerprint density at radius 1 is 1.47 bits per heavy atom. The fourth-order valence-electron chi connectivity index (χ4n) is 2.37. The minimum absolute atomic E-state index is 0.0408. The first-order chi connectivity index (χ1) is 8.89. The second-order valence-corrected chi connectivity index (χ2v) is 5.76. The average Bonchev–Trinajstić information content (AvgIpc) is 2.73. The first kappa shape index (κ1) is 13.8. The molecule has 0 unspecified atom stereocenters. The third kappa shape index (κ3) is 3.23. The van der Waals surface area contributed by atoms with Gasteiger partial charge in [0.2, 0.25) is 5.82 Å². The molecule has 2 heterocycles. The van der Waals surface area contributed by atoms with Crippen molar-refractivity contribution in [1.82, 2.24) is 14.7 Å². The van der Waals surface area contributed by atoms with E-state index in [1.54, 1.807) is 7.05 Å². The SMILES string of the molecule is CN1CCC(C)(CNc2nn(C)cc2[N+](=O)[O-])CC1. The van der Waals surface area contributed by atoms with Crippen molar-refractivity contribution in [2.45, 2.75) is 19.8 Å². The van der Waals surface area contributed by atoms with E-state index in [-0.39, 0.29) is 11.1 Å². The van der Waals surface area contributed by atoms with Gasteiger partial charge < -0.3 is 10.2 Å². The molecule has 0 saturated carbocycles. The molecular formula is C12H21N5O2. The summed E-state index contributed by atoms with van der Waals surface area (Å²) in [7, 11) is 3.81. The molecule has 0 aliphatic carbocycles. The molecule has 0 atom stereocenters. The lowest BCUT2D eigenvalue weighted by molar-refractivity contribution is -0.384. The molecule has 1 aromatic rings. The second-order valence-electron chi connectivity index (χ2n) is 5.76. The van der Waals surface area contributed by atoms with Gasteiger partial charge in [-0.2, -0.15) is 0 Å². The monoisotopic (exact) mass is 267 g/mol. The fraction of sp³-hybridized carbons (Fsp3) is 0.750. The molecule has 7 nitrogen and oxygen atoms in total. The number of anilines is 1. The Kier molecular flexibility index (Phi) is 3.75. The van der Waals surface area contributed by atoms with Gasteiger partial charge in [0.1, 0.15) is 6.20 Å². The van der Waals surface area contributed by atoms with Crippen LogP contribution < -0.4 is 5.32 Å². The van der Waals surface area contributed by atoms with Gasteiger partial charge in [-0.1, -0.05) is 6.92 Å². The summed E-state index contributed by atoms with van der Waals surface area (Å²) in [6.07, 6.45) is 3.62. The molecule has 0 spiro atoms. The Balaban J connectivity index is 2.00. The van der Waals surface area contributed by atoms with Gasteiger partial charge >= 0.3 is 5.69 Å². The van der Waals surface area contributed by atoms with E-state index >= 15 is 0 Å². The molecule has 0 bridgehead atoms. The first-order valence-electron chi connectivity index (χ1n) is 6.50. The van der Waals surface area contributed by atoms with Crippen LogP contribution in [0.15, 0.2) is 6.20 Å². The van der Waals surface area contributed by atoms with Crippen molar-refractivity contribution in [3.63, 3.8) is 0 Å². The van der Waals surface area contributed by atoms with Crippen molar-refractivity contribution in [2.24, 2.45) is 12.5 Å². The molecule has 0 amide bonds. The first-order valence-corrected chi connectivity index (χ1v) is 6.50. The Bertz CT molecular complexity index is 463. The van der Waals surface area contributed by atoms with Crippen LogP contribution >= 0.6 is 0 Å². The fourth-order valence-corrected chi connectivity index (χ4v) is 2.37. The van der Waals surface area contributed by atoms with Crippen LogP contribution in [0.25, 0.3) is 0 Å². The topological polar surface area (TPSA) is 76.2 Å². The van der Waals surface area contributed by atoms with Crippen molar-refractivity contribution in [3.05, 3.63) is 16.3 Å². The smallest absolute Gasteiger partial charge is 0.330 e. The van der Waals surface area contributed by atoms with Gasteiger partial charge in [-0.25, -0.2) is 0 Å². The van der Waals surface area contributed by atoms with E-state index in [1.165, 1.54) is 10.9 Å². The van der Waals surface area contributed by atoms with Gasteiger partial charge in [0.25, 0.3) is 0 Å². The zero-order valence-electron chi connectivity index (χ0n) is 11.7. The quantitative estimate of drug-likeness (QED) is 0.660. The van der Waals surface area contributed by atoms with E-state index in [1.807, 2.05) is 0 Å². The predicted molar refractivity (Wildman–Crippen MR) is 73.2 cm³/mol. The summed E-state index contributed by atoms with van der Waals surface area (Å²) < 4.78 is 1.47. The van der Waals surface area contributed by atoms with Gasteiger partial charge in [0.15, 0.2) is 0 Å². The molecule has 106 valence electrons. The molecule has 1 N–H and O–H groups in total. The molecule has 2 rings (SSSR count). The Morgan fingerprint density at radius 3 is 2.68 bits per heavy atom. The van der Waals surface area contributed by atoms with Crippen LogP contribution in [-0.2, 0) is 7.05 Å². The third-order valence-corrected chi connectivity index (χ3v) is 3.88. The molecule has 19 heavy (non-hydrogen) atoms. The van der Waals surface area contributed by atoms with Crippen molar-refractivity contribution in [3.8, 4) is 0 Å². The zero-order valence-corrected chi connectivity index (χ0v) is 11.7. The number of nitrogens with zero attached hydrogens (tertiary/aromatic N) is 4. The summed E-state index contributed by atoms with van der Waals surface area (Å²) >= 11 is 0. The molecule has 7 heteroatoms. The van der Waals surface area contributed by atoms with Crippen molar-refractivity contribution >= 4 is 11.5 Å². The highest BCUT2D eigenvalue weighted by Gasteiger charge is 2.30. The number of likely N-dealkylation sites (tertiary alicyclic amines) is 1. The number of nitrogens with one attached hydrogen (secondary N) is 1. The van der Waals surface area contributed by atoms with E-state index in [0.29, 0.717) is 5.82 Å². The predicted octanol–water partition coefficient (Wildman–Crippen LogP) is 1.47. The molecule has 1 saturated heterocycles. The second kappa shape index (κ2) is 5.16. The zero-order chi connectivity index (χ0) is 14.0. The van der Waals surface area contributed by atoms with Crippen LogP contribution in [0.3, 0.4) is 0 Å². The Morgan fingerprint density at radius 2 is 2.11 bits per heavy atom. The highest BCUT2D eigenvalue weighted by molar-refractivity contribution is 5.54. The number of aryl methyl sites for hydroxylation is 1. The average molecular weight is 267 g/mol. The van der Waals surface area contributed by atoms with Crippen LogP contribution in [0.2, 0.25) is 0 Å². The number of hydrogen-bond acceptors (Lipinski definition) is 5. The number of nitro groups is 1. The standard InChI is InChI=1S/C12H21N5O2/c1-12(4-6-15(2)7-5-12)9-13-11-10(17(18)19)8-16(3)14-11/h8H,4-7,9H2,1-3H3,(H,13,14). The summed E-state index contributed by atoms with van der Waals surface area (Å²) in [6.45, 7) is 5.09. The van der Waals surface area contributed by atoms with Gasteiger partial charge in [-0.15, -0.1) is 5.10 Å². The van der Waals surface area contributed by atoms with Crippen molar-refractivity contribution in [1.29, 1.82) is 0 Å². The van der Waals surface area contributed by atoms with E-state index in [0.717, 1.165) is 32.5 Å². The summed E-state index contributed by atoms with van der Waals surface area (Å²) in [5, 5.41) is 18.2. The minimum atomic E-state index is -0.397. The van der Waals surface area contributed by atoms with Crippen LogP contribution in [0.4, 0.5) is 11.5 Å². The summed E-state index contributed by atoms with van der Waals surface area (Å²) in [5.74, 6) is 0.368. The van der Waals surface area contributed by atoms with Crippen molar-refractivity contribution < 1.29 is 4.92 Å². The van der Waals surface area contributed by atoms with E-state index in [9.17, 15) is 10.1 Å². The largest absolute Gasteiger partial charge is 0.362 e. The Labute approximate surface area is 112 Å². The molecule has 0 radical (unpaired) electrons. The number of hydrogen-bond donors (Lipinski definition) is 1. The van der Waals surface area contributed by atoms with Gasteiger partial charge in [-0.05, 0) is 38.4 Å². The lowest BCUT2D eigenvalue weighted by atomic mass is 9.80. The number of rotatable bonds is 4. The molecule has 0 aromatic carbocycles. The van der Waals surface area contributed by atoms with Gasteiger partial charge in [-0.3, -0.25) is 14.8 Å². The minimum Gasteiger partial charge on any atom is -0.362 e. The lowest BCUT2D eigenvalue weighted by Gasteiger charge is -2.37. The van der Waals surface area contributed by atoms with Crippen molar-refractivity contribution in [2.75, 3.05) is 32.0 Å². The van der Waals surface area contributed by atoms with Gasteiger partial charge in [0, 0.05) is 13.6 Å². The maximum Gasteiger partial charge on any atom is 0.330 e. The van der Waals surface area contributed by atoms with Crippen LogP contribution in [0.5, 0.6) is 0 Å². The molecule has 1 aromatic heterocycles. The number of piperidine rings is 1. The van der Waals surface area contributed by atoms with Crippen LogP contribution in [-0.4, -0.2) is 46.3 Å². The summed E-state index contributed by atoms with van der Waals surface area (Å²) in [4.78, 5) is 12.8. The Hall–Kier alpha value is -1.63. The third-order valence-electron chi connectivity index (χ3n) is 3.88. The molecular weight excluding hydrogens is 246 g/mol. The molecule has 1 fully saturated rings. The molecule has 1 aliphatic rings. The number of aromatic nitrogens is 2. The van der Waals surface area contributed by atoms with Crippen LogP contribution in [0, 0.1) is 15.5 Å².